The molecule has 1 aliphatic rings. The average molecular weight is 614 g/mol. The second kappa shape index (κ2) is 12.0. The van der Waals surface area contributed by atoms with Gasteiger partial charge in [0.25, 0.3) is 11.1 Å². The van der Waals surface area contributed by atoms with Gasteiger partial charge in [-0.05, 0) is 101 Å². The van der Waals surface area contributed by atoms with E-state index in [9.17, 15) is 18.8 Å². The molecule has 10 heteroatoms. The van der Waals surface area contributed by atoms with Gasteiger partial charge in [0.05, 0.1) is 16.5 Å². The number of anilines is 1. The highest BCUT2D eigenvalue weighted by Gasteiger charge is 2.36. The fraction of sp³-hybridized carbons (Fsp3) is 0.207. The number of halogens is 2. The molecule has 0 bridgehead atoms. The molecule has 0 atom stereocenters. The van der Waals surface area contributed by atoms with E-state index in [4.69, 9.17) is 9.47 Å². The van der Waals surface area contributed by atoms with Gasteiger partial charge >= 0.3 is 0 Å². The van der Waals surface area contributed by atoms with Crippen LogP contribution in [-0.4, -0.2) is 35.6 Å². The molecule has 0 spiro atoms. The van der Waals surface area contributed by atoms with Crippen molar-refractivity contribution in [3.8, 4) is 11.5 Å². The molecule has 0 saturated carbocycles. The largest absolute Gasteiger partial charge is 0.493 e. The molecule has 1 fully saturated rings. The number of imide groups is 1. The Kier molecular flexibility index (Phi) is 8.76. The molecule has 3 aromatic carbocycles. The van der Waals surface area contributed by atoms with Crippen LogP contribution < -0.4 is 14.8 Å². The van der Waals surface area contributed by atoms with Crippen LogP contribution >= 0.6 is 27.7 Å². The van der Waals surface area contributed by atoms with Gasteiger partial charge < -0.3 is 14.8 Å². The SMILES string of the molecule is COc1cc(/C=C2/SC(=O)N(CC(=O)Nc3c(C)cc(C)cc3C)C2=O)cc(Br)c1OCc1ccc(F)cc1. The van der Waals surface area contributed by atoms with E-state index in [1.54, 1.807) is 30.3 Å². The van der Waals surface area contributed by atoms with Crippen molar-refractivity contribution in [3.05, 3.63) is 91.5 Å². The predicted octanol–water partition coefficient (Wildman–Crippen LogP) is 6.78. The van der Waals surface area contributed by atoms with Gasteiger partial charge in [0.2, 0.25) is 5.91 Å². The molecular weight excluding hydrogens is 587 g/mol. The molecule has 0 aromatic heterocycles. The fourth-order valence-electron chi connectivity index (χ4n) is 4.19. The molecule has 1 N–H and O–H groups in total. The first-order chi connectivity index (χ1) is 18.5. The fourth-order valence-corrected chi connectivity index (χ4v) is 5.60. The number of carbonyl (C=O) groups is 3. The zero-order valence-electron chi connectivity index (χ0n) is 21.8. The summed E-state index contributed by atoms with van der Waals surface area (Å²) in [7, 11) is 1.49. The molecule has 1 aliphatic heterocycles. The number of rotatable bonds is 8. The Bertz CT molecular complexity index is 1470. The highest BCUT2D eigenvalue weighted by molar-refractivity contribution is 9.10. The second-order valence-electron chi connectivity index (χ2n) is 9.04. The summed E-state index contributed by atoms with van der Waals surface area (Å²) < 4.78 is 25.1. The van der Waals surface area contributed by atoms with Gasteiger partial charge in [-0.3, -0.25) is 19.3 Å². The number of carbonyl (C=O) groups excluding carboxylic acids is 3. The van der Waals surface area contributed by atoms with E-state index in [2.05, 4.69) is 21.2 Å². The highest BCUT2D eigenvalue weighted by atomic mass is 79.9. The molecule has 1 saturated heterocycles. The summed E-state index contributed by atoms with van der Waals surface area (Å²) >= 11 is 4.24. The number of amides is 3. The van der Waals surface area contributed by atoms with Crippen molar-refractivity contribution in [1.82, 2.24) is 4.90 Å². The van der Waals surface area contributed by atoms with E-state index in [0.717, 1.165) is 38.9 Å². The molecular formula is C29H26BrFN2O5S. The Morgan fingerprint density at radius 1 is 1.08 bits per heavy atom. The first-order valence-electron chi connectivity index (χ1n) is 11.9. The van der Waals surface area contributed by atoms with Crippen LogP contribution in [0.15, 0.2) is 57.9 Å². The van der Waals surface area contributed by atoms with Crippen LogP contribution in [-0.2, 0) is 16.2 Å². The van der Waals surface area contributed by atoms with Crippen molar-refractivity contribution in [2.45, 2.75) is 27.4 Å². The normalized spacial score (nSPS) is 14.2. The van der Waals surface area contributed by atoms with Gasteiger partial charge in [-0.25, -0.2) is 4.39 Å². The minimum absolute atomic E-state index is 0.185. The maximum Gasteiger partial charge on any atom is 0.294 e. The summed E-state index contributed by atoms with van der Waals surface area (Å²) in [4.78, 5) is 39.5. The Balaban J connectivity index is 1.47. The zero-order chi connectivity index (χ0) is 28.3. The minimum atomic E-state index is -0.552. The van der Waals surface area contributed by atoms with Crippen molar-refractivity contribution in [1.29, 1.82) is 0 Å². The predicted molar refractivity (Wildman–Crippen MR) is 153 cm³/mol. The quantitative estimate of drug-likeness (QED) is 0.282. The maximum absolute atomic E-state index is 13.2. The number of hydrogen-bond acceptors (Lipinski definition) is 6. The first kappa shape index (κ1) is 28.4. The molecule has 3 aromatic rings. The Morgan fingerprint density at radius 2 is 1.74 bits per heavy atom. The lowest BCUT2D eigenvalue weighted by atomic mass is 10.1. The van der Waals surface area contributed by atoms with Gasteiger partial charge in [-0.1, -0.05) is 29.8 Å². The molecule has 1 heterocycles. The number of nitrogens with one attached hydrogen (secondary N) is 1. The van der Waals surface area contributed by atoms with Crippen LogP contribution in [0.3, 0.4) is 0 Å². The third-order valence-corrected chi connectivity index (χ3v) is 7.46. The zero-order valence-corrected chi connectivity index (χ0v) is 24.2. The van der Waals surface area contributed by atoms with E-state index >= 15 is 0 Å². The summed E-state index contributed by atoms with van der Waals surface area (Å²) in [5.74, 6) is -0.501. The number of nitrogens with zero attached hydrogens (tertiary/aromatic N) is 1. The minimum Gasteiger partial charge on any atom is -0.493 e. The van der Waals surface area contributed by atoms with Crippen molar-refractivity contribution >= 4 is 56.5 Å². The lowest BCUT2D eigenvalue weighted by Gasteiger charge is -2.16. The lowest BCUT2D eigenvalue weighted by Crippen LogP contribution is -2.36. The summed E-state index contributed by atoms with van der Waals surface area (Å²) in [5, 5.41) is 2.30. The van der Waals surface area contributed by atoms with Gasteiger partial charge in [0, 0.05) is 5.69 Å². The van der Waals surface area contributed by atoms with Crippen LogP contribution in [0.25, 0.3) is 6.08 Å². The summed E-state index contributed by atoms with van der Waals surface area (Å²) in [6.07, 6.45) is 1.56. The van der Waals surface area contributed by atoms with Crippen molar-refractivity contribution in [3.63, 3.8) is 0 Å². The average Bonchev–Trinajstić information content (AvgIpc) is 3.13. The second-order valence-corrected chi connectivity index (χ2v) is 10.9. The summed E-state index contributed by atoms with van der Waals surface area (Å²) in [5.41, 5.74) is 4.93. The topological polar surface area (TPSA) is 84.9 Å². The van der Waals surface area contributed by atoms with Crippen LogP contribution in [0.1, 0.15) is 27.8 Å². The van der Waals surface area contributed by atoms with Crippen molar-refractivity contribution < 1.29 is 28.2 Å². The molecule has 0 aliphatic carbocycles. The number of methoxy groups -OCH3 is 1. The molecule has 0 radical (unpaired) electrons. The van der Waals surface area contributed by atoms with E-state index in [-0.39, 0.29) is 17.3 Å². The van der Waals surface area contributed by atoms with Crippen molar-refractivity contribution in [2.75, 3.05) is 19.0 Å². The van der Waals surface area contributed by atoms with Gasteiger partial charge in [-0.2, -0.15) is 0 Å². The van der Waals surface area contributed by atoms with Gasteiger partial charge in [0.1, 0.15) is 19.0 Å². The monoisotopic (exact) mass is 612 g/mol. The molecule has 4 rings (SSSR count). The Labute approximate surface area is 238 Å². The highest BCUT2D eigenvalue weighted by Crippen LogP contribution is 2.39. The standard InChI is InChI=1S/C29H26BrFN2O5S/c1-16-9-17(2)26(18(3)10-16)32-25(34)14-33-28(35)24(39-29(33)36)13-20-11-22(30)27(23(12-20)37-4)38-15-19-5-7-21(31)8-6-19/h5-13H,14-15H2,1-4H3,(H,32,34)/b24-13+. The van der Waals surface area contributed by atoms with E-state index in [0.29, 0.717) is 27.2 Å². The maximum atomic E-state index is 13.2. The van der Waals surface area contributed by atoms with Crippen LogP contribution in [0.4, 0.5) is 14.9 Å². The van der Waals surface area contributed by atoms with Gasteiger partial charge in [-0.15, -0.1) is 0 Å². The van der Waals surface area contributed by atoms with E-state index in [1.807, 2.05) is 32.9 Å². The summed E-state index contributed by atoms with van der Waals surface area (Å²) in [6.45, 7) is 5.56. The number of aryl methyl sites for hydroxylation is 3. The number of ether oxygens (including phenoxy) is 2. The number of thioether (sulfide) groups is 1. The lowest BCUT2D eigenvalue weighted by molar-refractivity contribution is -0.127. The smallest absolute Gasteiger partial charge is 0.294 e. The molecule has 7 nitrogen and oxygen atoms in total. The van der Waals surface area contributed by atoms with E-state index < -0.39 is 23.6 Å². The first-order valence-corrected chi connectivity index (χ1v) is 13.5. The van der Waals surface area contributed by atoms with Crippen LogP contribution in [0.5, 0.6) is 11.5 Å². The van der Waals surface area contributed by atoms with Gasteiger partial charge in [0.15, 0.2) is 11.5 Å². The van der Waals surface area contributed by atoms with E-state index in [1.165, 1.54) is 19.2 Å². The number of hydrogen-bond donors (Lipinski definition) is 1. The Morgan fingerprint density at radius 3 is 2.38 bits per heavy atom. The molecule has 39 heavy (non-hydrogen) atoms. The summed E-state index contributed by atoms with van der Waals surface area (Å²) in [6, 6.07) is 13.3. The van der Waals surface area contributed by atoms with Crippen LogP contribution in [0, 0.1) is 26.6 Å². The third kappa shape index (κ3) is 6.69. The Hall–Kier alpha value is -3.63. The molecule has 3 amide bonds. The molecule has 0 unspecified atom stereocenters. The third-order valence-electron chi connectivity index (χ3n) is 5.96. The number of benzene rings is 3. The van der Waals surface area contributed by atoms with Crippen LogP contribution in [0.2, 0.25) is 0 Å². The van der Waals surface area contributed by atoms with Crippen molar-refractivity contribution in [2.24, 2.45) is 0 Å². The molecule has 202 valence electrons.